The largest absolute Gasteiger partial charge is 0.328 e. The Balaban J connectivity index is 1.88. The number of hydrogen-bond acceptors (Lipinski definition) is 3. The maximum absolute atomic E-state index is 13.1. The lowest BCUT2D eigenvalue weighted by Crippen LogP contribution is -2.30. The second-order valence-electron chi connectivity index (χ2n) is 5.64. The zero-order valence-electron chi connectivity index (χ0n) is 13.3. The third-order valence-electron chi connectivity index (χ3n) is 3.75. The first-order valence-corrected chi connectivity index (χ1v) is 9.30. The van der Waals surface area contributed by atoms with E-state index in [2.05, 4.69) is 35.9 Å². The molecule has 0 spiro atoms. The Kier molecular flexibility index (Phi) is 4.94. The molecule has 2 aromatic heterocycles. The maximum Gasteiger partial charge on any atom is 0.254 e. The van der Waals surface area contributed by atoms with Crippen LogP contribution in [0.5, 0.6) is 0 Å². The Hall–Kier alpha value is -1.91. The van der Waals surface area contributed by atoms with Gasteiger partial charge in [-0.05, 0) is 48.4 Å². The van der Waals surface area contributed by atoms with E-state index in [1.165, 1.54) is 15.3 Å². The van der Waals surface area contributed by atoms with E-state index in [9.17, 15) is 4.79 Å². The standard InChI is InChI=1S/C19H19NOS2/c1-14-7-8-18(15(2)11-14)19(21)20(12-16-5-3-9-22-16)13-17-6-4-10-23-17/h3-11H,12-13H2,1-2H3. The first-order chi connectivity index (χ1) is 11.1. The van der Waals surface area contributed by atoms with Gasteiger partial charge in [0.05, 0.1) is 13.1 Å². The van der Waals surface area contributed by atoms with Crippen molar-refractivity contribution in [1.29, 1.82) is 0 Å². The monoisotopic (exact) mass is 341 g/mol. The number of nitrogens with zero attached hydrogens (tertiary/aromatic N) is 1. The van der Waals surface area contributed by atoms with Crippen LogP contribution in [0.25, 0.3) is 0 Å². The predicted molar refractivity (Wildman–Crippen MR) is 98.1 cm³/mol. The molecule has 0 N–H and O–H groups in total. The minimum atomic E-state index is 0.101. The van der Waals surface area contributed by atoms with Gasteiger partial charge < -0.3 is 4.90 Å². The van der Waals surface area contributed by atoms with Gasteiger partial charge in [-0.15, -0.1) is 22.7 Å². The summed E-state index contributed by atoms with van der Waals surface area (Å²) in [6, 6.07) is 14.3. The summed E-state index contributed by atoms with van der Waals surface area (Å²) in [6.07, 6.45) is 0. The van der Waals surface area contributed by atoms with Gasteiger partial charge in [0, 0.05) is 15.3 Å². The summed E-state index contributed by atoms with van der Waals surface area (Å²) in [5, 5.41) is 4.11. The molecule has 0 atom stereocenters. The van der Waals surface area contributed by atoms with Crippen LogP contribution < -0.4 is 0 Å². The van der Waals surface area contributed by atoms with Gasteiger partial charge in [-0.25, -0.2) is 0 Å². The number of amides is 1. The number of rotatable bonds is 5. The average molecular weight is 342 g/mol. The van der Waals surface area contributed by atoms with E-state index in [1.54, 1.807) is 22.7 Å². The van der Waals surface area contributed by atoms with Crippen molar-refractivity contribution in [2.75, 3.05) is 0 Å². The fraction of sp³-hybridized carbons (Fsp3) is 0.211. The quantitative estimate of drug-likeness (QED) is 0.619. The predicted octanol–water partition coefficient (Wildman–Crippen LogP) is 5.27. The molecule has 118 valence electrons. The van der Waals surface area contributed by atoms with Gasteiger partial charge in [0.1, 0.15) is 0 Å². The molecule has 1 amide bonds. The minimum Gasteiger partial charge on any atom is -0.328 e. The fourth-order valence-corrected chi connectivity index (χ4v) is 4.04. The molecule has 0 radical (unpaired) electrons. The number of hydrogen-bond donors (Lipinski definition) is 0. The van der Waals surface area contributed by atoms with Crippen LogP contribution >= 0.6 is 22.7 Å². The Morgan fingerprint density at radius 1 is 0.957 bits per heavy atom. The Morgan fingerprint density at radius 3 is 2.04 bits per heavy atom. The Bertz CT molecular complexity index is 740. The van der Waals surface area contributed by atoms with Crippen molar-refractivity contribution in [3.8, 4) is 0 Å². The lowest BCUT2D eigenvalue weighted by molar-refractivity contribution is 0.0733. The van der Waals surface area contributed by atoms with Gasteiger partial charge in [-0.1, -0.05) is 29.8 Å². The van der Waals surface area contributed by atoms with Crippen molar-refractivity contribution >= 4 is 28.6 Å². The fourth-order valence-electron chi connectivity index (χ4n) is 2.60. The van der Waals surface area contributed by atoms with Gasteiger partial charge in [0.15, 0.2) is 0 Å². The second-order valence-corrected chi connectivity index (χ2v) is 7.70. The molecule has 0 aliphatic carbocycles. The molecule has 0 bridgehead atoms. The summed E-state index contributed by atoms with van der Waals surface area (Å²) >= 11 is 3.39. The molecule has 0 unspecified atom stereocenters. The molecule has 3 rings (SSSR count). The molecule has 2 nitrogen and oxygen atoms in total. The number of aryl methyl sites for hydroxylation is 2. The minimum absolute atomic E-state index is 0.101. The molecule has 4 heteroatoms. The van der Waals surface area contributed by atoms with Crippen LogP contribution in [-0.2, 0) is 13.1 Å². The SMILES string of the molecule is Cc1ccc(C(=O)N(Cc2cccs2)Cc2cccs2)c(C)c1. The summed E-state index contributed by atoms with van der Waals surface area (Å²) in [5.74, 6) is 0.101. The highest BCUT2D eigenvalue weighted by Crippen LogP contribution is 2.21. The summed E-state index contributed by atoms with van der Waals surface area (Å²) < 4.78 is 0. The number of benzene rings is 1. The molecular weight excluding hydrogens is 322 g/mol. The smallest absolute Gasteiger partial charge is 0.254 e. The van der Waals surface area contributed by atoms with Crippen LogP contribution in [0, 0.1) is 13.8 Å². The molecule has 2 heterocycles. The van der Waals surface area contributed by atoms with Crippen molar-refractivity contribution in [3.63, 3.8) is 0 Å². The van der Waals surface area contributed by atoms with Gasteiger partial charge in [-0.3, -0.25) is 4.79 Å². The van der Waals surface area contributed by atoms with E-state index in [-0.39, 0.29) is 5.91 Å². The molecule has 0 saturated heterocycles. The molecule has 3 aromatic rings. The highest BCUT2D eigenvalue weighted by Gasteiger charge is 2.19. The third kappa shape index (κ3) is 3.89. The first-order valence-electron chi connectivity index (χ1n) is 7.55. The third-order valence-corrected chi connectivity index (χ3v) is 5.48. The van der Waals surface area contributed by atoms with Crippen LogP contribution in [0.15, 0.2) is 53.2 Å². The lowest BCUT2D eigenvalue weighted by atomic mass is 10.0. The lowest BCUT2D eigenvalue weighted by Gasteiger charge is -2.22. The molecule has 0 aliphatic heterocycles. The number of carbonyl (C=O) groups is 1. The maximum atomic E-state index is 13.1. The van der Waals surface area contributed by atoms with Crippen LogP contribution in [-0.4, -0.2) is 10.8 Å². The highest BCUT2D eigenvalue weighted by atomic mass is 32.1. The van der Waals surface area contributed by atoms with E-state index in [1.807, 2.05) is 36.1 Å². The molecule has 23 heavy (non-hydrogen) atoms. The van der Waals surface area contributed by atoms with Gasteiger partial charge in [0.2, 0.25) is 0 Å². The van der Waals surface area contributed by atoms with Crippen molar-refractivity contribution < 1.29 is 4.79 Å². The zero-order valence-corrected chi connectivity index (χ0v) is 14.9. The van der Waals surface area contributed by atoms with Crippen LogP contribution in [0.1, 0.15) is 31.2 Å². The zero-order chi connectivity index (χ0) is 16.2. The van der Waals surface area contributed by atoms with E-state index in [0.29, 0.717) is 13.1 Å². The average Bonchev–Trinajstić information content (AvgIpc) is 3.19. The summed E-state index contributed by atoms with van der Waals surface area (Å²) in [7, 11) is 0. The summed E-state index contributed by atoms with van der Waals surface area (Å²) in [5.41, 5.74) is 3.02. The molecule has 1 aromatic carbocycles. The Morgan fingerprint density at radius 2 is 1.57 bits per heavy atom. The van der Waals surface area contributed by atoms with Crippen molar-refractivity contribution in [3.05, 3.63) is 79.7 Å². The molecule has 0 saturated carbocycles. The summed E-state index contributed by atoms with van der Waals surface area (Å²) in [4.78, 5) is 17.4. The highest BCUT2D eigenvalue weighted by molar-refractivity contribution is 7.10. The summed E-state index contributed by atoms with van der Waals surface area (Å²) in [6.45, 7) is 5.37. The van der Waals surface area contributed by atoms with Crippen LogP contribution in [0.2, 0.25) is 0 Å². The molecule has 0 fully saturated rings. The van der Waals surface area contributed by atoms with Crippen molar-refractivity contribution in [1.82, 2.24) is 4.90 Å². The normalized spacial score (nSPS) is 10.7. The number of thiophene rings is 2. The van der Waals surface area contributed by atoms with Gasteiger partial charge >= 0.3 is 0 Å². The van der Waals surface area contributed by atoms with Gasteiger partial charge in [-0.2, -0.15) is 0 Å². The first kappa shape index (κ1) is 16.0. The van der Waals surface area contributed by atoms with E-state index >= 15 is 0 Å². The second kappa shape index (κ2) is 7.11. The van der Waals surface area contributed by atoms with E-state index in [4.69, 9.17) is 0 Å². The molecular formula is C19H19NOS2. The van der Waals surface area contributed by atoms with Crippen LogP contribution in [0.3, 0.4) is 0 Å². The van der Waals surface area contributed by atoms with E-state index < -0.39 is 0 Å². The number of carbonyl (C=O) groups excluding carboxylic acids is 1. The van der Waals surface area contributed by atoms with Crippen molar-refractivity contribution in [2.24, 2.45) is 0 Å². The van der Waals surface area contributed by atoms with Gasteiger partial charge in [0.25, 0.3) is 5.91 Å². The van der Waals surface area contributed by atoms with Crippen molar-refractivity contribution in [2.45, 2.75) is 26.9 Å². The Labute approximate surface area is 145 Å². The topological polar surface area (TPSA) is 20.3 Å². The van der Waals surface area contributed by atoms with E-state index in [0.717, 1.165) is 11.1 Å². The van der Waals surface area contributed by atoms with Crippen LogP contribution in [0.4, 0.5) is 0 Å². The molecule has 0 aliphatic rings.